The van der Waals surface area contributed by atoms with Gasteiger partial charge in [0.15, 0.2) is 19.7 Å². The lowest BCUT2D eigenvalue weighted by Gasteiger charge is -2.07. The zero-order valence-corrected chi connectivity index (χ0v) is 13.0. The van der Waals surface area contributed by atoms with Gasteiger partial charge in [0.1, 0.15) is 0 Å². The lowest BCUT2D eigenvalue weighted by molar-refractivity contribution is 0.593. The number of hydrogen-bond acceptors (Lipinski definition) is 5. The molecule has 0 fully saturated rings. The number of anilines is 1. The topological polar surface area (TPSA) is 94.3 Å². The number of hydrogen-bond donors (Lipinski definition) is 1. The van der Waals surface area contributed by atoms with E-state index in [9.17, 15) is 16.8 Å². The summed E-state index contributed by atoms with van der Waals surface area (Å²) in [5.41, 5.74) is 6.67. The fourth-order valence-corrected chi connectivity index (χ4v) is 3.87. The van der Waals surface area contributed by atoms with E-state index < -0.39 is 19.7 Å². The summed E-state index contributed by atoms with van der Waals surface area (Å²) in [6.45, 7) is 0. The molecule has 5 nitrogen and oxygen atoms in total. The quantitative estimate of drug-likeness (QED) is 0.863. The van der Waals surface area contributed by atoms with E-state index in [1.165, 1.54) is 24.3 Å². The Kier molecular flexibility index (Phi) is 4.06. The Morgan fingerprint density at radius 2 is 1.38 bits per heavy atom. The first-order chi connectivity index (χ1) is 9.70. The van der Waals surface area contributed by atoms with Crippen molar-refractivity contribution in [1.82, 2.24) is 0 Å². The molecular weight excluding hydrogens is 310 g/mol. The third-order valence-corrected chi connectivity index (χ3v) is 5.82. The van der Waals surface area contributed by atoms with E-state index in [0.29, 0.717) is 11.3 Å². The molecule has 2 aromatic rings. The van der Waals surface area contributed by atoms with E-state index in [2.05, 4.69) is 0 Å². The Hall–Kier alpha value is -1.86. The highest BCUT2D eigenvalue weighted by molar-refractivity contribution is 7.91. The molecule has 0 aliphatic rings. The van der Waals surface area contributed by atoms with Gasteiger partial charge in [-0.1, -0.05) is 18.2 Å². The Bertz CT molecular complexity index is 854. The minimum atomic E-state index is -3.57. The average molecular weight is 325 g/mol. The van der Waals surface area contributed by atoms with Crippen LogP contribution in [-0.2, 0) is 25.4 Å². The largest absolute Gasteiger partial charge is 0.398 e. The van der Waals surface area contributed by atoms with Gasteiger partial charge in [-0.2, -0.15) is 0 Å². The SMILES string of the molecule is CS(=O)(=O)c1ccc(S(=O)(=O)Cc2ccccc2N)cc1. The molecule has 0 bridgehead atoms. The molecule has 0 aromatic heterocycles. The maximum absolute atomic E-state index is 12.3. The molecular formula is C14H15NO4S2. The fourth-order valence-electron chi connectivity index (χ4n) is 1.85. The van der Waals surface area contributed by atoms with Gasteiger partial charge in [-0.15, -0.1) is 0 Å². The van der Waals surface area contributed by atoms with Crippen molar-refractivity contribution in [3.63, 3.8) is 0 Å². The summed E-state index contributed by atoms with van der Waals surface area (Å²) in [7, 11) is -6.92. The van der Waals surface area contributed by atoms with Crippen LogP contribution in [0.15, 0.2) is 58.3 Å². The summed E-state index contributed by atoms with van der Waals surface area (Å²) in [4.78, 5) is 0.152. The van der Waals surface area contributed by atoms with Crippen molar-refractivity contribution >= 4 is 25.4 Å². The van der Waals surface area contributed by atoms with Crippen molar-refractivity contribution in [2.45, 2.75) is 15.5 Å². The molecule has 0 saturated carbocycles. The van der Waals surface area contributed by atoms with Crippen LogP contribution in [0.4, 0.5) is 5.69 Å². The van der Waals surface area contributed by atoms with Crippen LogP contribution in [0.1, 0.15) is 5.56 Å². The molecule has 0 heterocycles. The van der Waals surface area contributed by atoms with Crippen LogP contribution in [0.2, 0.25) is 0 Å². The van der Waals surface area contributed by atoms with E-state index in [1.54, 1.807) is 24.3 Å². The van der Waals surface area contributed by atoms with Crippen LogP contribution < -0.4 is 5.73 Å². The lowest BCUT2D eigenvalue weighted by Crippen LogP contribution is -2.07. The van der Waals surface area contributed by atoms with Gasteiger partial charge in [0.25, 0.3) is 0 Å². The van der Waals surface area contributed by atoms with Gasteiger partial charge in [-0.05, 0) is 35.9 Å². The van der Waals surface area contributed by atoms with Crippen LogP contribution in [0.3, 0.4) is 0 Å². The molecule has 0 amide bonds. The minimum absolute atomic E-state index is 0.0677. The molecule has 2 aromatic carbocycles. The average Bonchev–Trinajstić information content (AvgIpc) is 2.40. The summed E-state index contributed by atoms with van der Waals surface area (Å²) in [5, 5.41) is 0. The summed E-state index contributed by atoms with van der Waals surface area (Å²) < 4.78 is 47.3. The smallest absolute Gasteiger partial charge is 0.182 e. The van der Waals surface area contributed by atoms with Crippen molar-refractivity contribution < 1.29 is 16.8 Å². The monoisotopic (exact) mass is 325 g/mol. The molecule has 2 rings (SSSR count). The van der Waals surface area contributed by atoms with Crippen LogP contribution in [0, 0.1) is 0 Å². The Labute approximate surface area is 124 Å². The van der Waals surface area contributed by atoms with Crippen molar-refractivity contribution in [2.75, 3.05) is 12.0 Å². The number of nitrogen functional groups attached to an aromatic ring is 1. The molecule has 0 aliphatic carbocycles. The van der Waals surface area contributed by atoms with Crippen LogP contribution in [0.25, 0.3) is 0 Å². The maximum Gasteiger partial charge on any atom is 0.182 e. The first-order valence-electron chi connectivity index (χ1n) is 6.06. The molecule has 0 saturated heterocycles. The van der Waals surface area contributed by atoms with Crippen LogP contribution >= 0.6 is 0 Å². The minimum Gasteiger partial charge on any atom is -0.398 e. The molecule has 7 heteroatoms. The highest BCUT2D eigenvalue weighted by Crippen LogP contribution is 2.21. The number of nitrogens with two attached hydrogens (primary N) is 1. The Morgan fingerprint density at radius 1 is 0.857 bits per heavy atom. The van der Waals surface area contributed by atoms with Gasteiger partial charge in [0.2, 0.25) is 0 Å². The summed E-state index contributed by atoms with van der Waals surface area (Å²) in [6, 6.07) is 11.9. The third kappa shape index (κ3) is 3.62. The summed E-state index contributed by atoms with van der Waals surface area (Å²) in [5.74, 6) is -0.224. The van der Waals surface area contributed by atoms with Gasteiger partial charge in [0, 0.05) is 11.9 Å². The molecule has 0 spiro atoms. The van der Waals surface area contributed by atoms with E-state index in [-0.39, 0.29) is 15.5 Å². The molecule has 2 N–H and O–H groups in total. The van der Waals surface area contributed by atoms with Crippen LogP contribution in [0.5, 0.6) is 0 Å². The lowest BCUT2D eigenvalue weighted by atomic mass is 10.2. The molecule has 112 valence electrons. The van der Waals surface area contributed by atoms with E-state index in [4.69, 9.17) is 5.73 Å². The number of sulfone groups is 2. The first-order valence-corrected chi connectivity index (χ1v) is 9.61. The van der Waals surface area contributed by atoms with Crippen molar-refractivity contribution in [3.05, 3.63) is 54.1 Å². The van der Waals surface area contributed by atoms with E-state index in [0.717, 1.165) is 6.26 Å². The standard InChI is InChI=1S/C14H15NO4S2/c1-20(16,17)12-6-8-13(9-7-12)21(18,19)10-11-4-2-3-5-14(11)15/h2-9H,10,15H2,1H3. The van der Waals surface area contributed by atoms with Gasteiger partial charge < -0.3 is 5.73 Å². The van der Waals surface area contributed by atoms with E-state index in [1.807, 2.05) is 0 Å². The maximum atomic E-state index is 12.3. The number of para-hydroxylation sites is 1. The predicted octanol–water partition coefficient (Wildman–Crippen LogP) is 1.65. The molecule has 21 heavy (non-hydrogen) atoms. The first kappa shape index (κ1) is 15.5. The predicted molar refractivity (Wildman–Crippen MR) is 81.3 cm³/mol. The summed E-state index contributed by atoms with van der Waals surface area (Å²) in [6.07, 6.45) is 1.07. The third-order valence-electron chi connectivity index (χ3n) is 3.01. The zero-order valence-electron chi connectivity index (χ0n) is 11.4. The zero-order chi connectivity index (χ0) is 15.7. The second kappa shape index (κ2) is 5.50. The summed E-state index contributed by atoms with van der Waals surface area (Å²) >= 11 is 0. The molecule has 0 radical (unpaired) electrons. The van der Waals surface area contributed by atoms with Gasteiger partial charge >= 0.3 is 0 Å². The Morgan fingerprint density at radius 3 is 1.90 bits per heavy atom. The highest BCUT2D eigenvalue weighted by Gasteiger charge is 2.17. The molecule has 0 atom stereocenters. The normalized spacial score (nSPS) is 12.2. The van der Waals surface area contributed by atoms with E-state index >= 15 is 0 Å². The second-order valence-electron chi connectivity index (χ2n) is 4.70. The highest BCUT2D eigenvalue weighted by atomic mass is 32.2. The molecule has 0 unspecified atom stereocenters. The van der Waals surface area contributed by atoms with Crippen molar-refractivity contribution in [1.29, 1.82) is 0 Å². The van der Waals surface area contributed by atoms with Crippen molar-refractivity contribution in [2.24, 2.45) is 0 Å². The van der Waals surface area contributed by atoms with Gasteiger partial charge in [0.05, 0.1) is 15.5 Å². The number of benzene rings is 2. The fraction of sp³-hybridized carbons (Fsp3) is 0.143. The van der Waals surface area contributed by atoms with Crippen molar-refractivity contribution in [3.8, 4) is 0 Å². The molecule has 0 aliphatic heterocycles. The second-order valence-corrected chi connectivity index (χ2v) is 8.71. The van der Waals surface area contributed by atoms with Gasteiger partial charge in [-0.25, -0.2) is 16.8 Å². The van der Waals surface area contributed by atoms with Gasteiger partial charge in [-0.3, -0.25) is 0 Å². The Balaban J connectivity index is 2.35. The van der Waals surface area contributed by atoms with Crippen LogP contribution in [-0.4, -0.2) is 23.1 Å². The number of rotatable bonds is 4.